The van der Waals surface area contributed by atoms with Crippen molar-refractivity contribution < 1.29 is 14.3 Å². The maximum absolute atomic E-state index is 12.4. The van der Waals surface area contributed by atoms with Gasteiger partial charge in [-0.25, -0.2) is 0 Å². The van der Waals surface area contributed by atoms with Crippen molar-refractivity contribution in [3.05, 3.63) is 75.7 Å². The largest absolute Gasteiger partial charge is 0.493 e. The van der Waals surface area contributed by atoms with Crippen molar-refractivity contribution >= 4 is 51.3 Å². The molecule has 1 amide bonds. The molecule has 1 aliphatic rings. The molecule has 0 aliphatic carbocycles. The highest BCUT2D eigenvalue weighted by molar-refractivity contribution is 8.18. The lowest BCUT2D eigenvalue weighted by atomic mass is 10.1. The van der Waals surface area contributed by atoms with E-state index in [1.807, 2.05) is 24.3 Å². The van der Waals surface area contributed by atoms with E-state index in [0.717, 1.165) is 16.5 Å². The van der Waals surface area contributed by atoms with Crippen LogP contribution in [0.25, 0.3) is 16.8 Å². The summed E-state index contributed by atoms with van der Waals surface area (Å²) in [7, 11) is 4.93. The molecule has 0 aromatic heterocycles. The molecule has 0 atom stereocenters. The minimum Gasteiger partial charge on any atom is -0.493 e. The summed E-state index contributed by atoms with van der Waals surface area (Å²) in [6.45, 7) is 0.358. The van der Waals surface area contributed by atoms with E-state index in [0.29, 0.717) is 33.2 Å². The topological polar surface area (TPSA) is 51.1 Å². The highest BCUT2D eigenvalue weighted by Gasteiger charge is 2.29. The van der Waals surface area contributed by atoms with Gasteiger partial charge in [0.1, 0.15) is 6.61 Å². The number of carbonyl (C=O) groups excluding carboxylic acids is 1. The second kappa shape index (κ2) is 9.04. The number of likely N-dealkylation sites (N-methyl/N-ethyl adjacent to an activating group) is 1. The first kappa shape index (κ1) is 21.3. The van der Waals surface area contributed by atoms with Crippen molar-refractivity contribution in [1.82, 2.24) is 4.90 Å². The molecule has 0 bridgehead atoms. The number of thioether (sulfide) groups is 1. The number of aliphatic imine (C=N–C) groups is 1. The van der Waals surface area contributed by atoms with Crippen molar-refractivity contribution in [3.63, 3.8) is 0 Å². The van der Waals surface area contributed by atoms with E-state index in [-0.39, 0.29) is 5.91 Å². The lowest BCUT2D eigenvalue weighted by molar-refractivity contribution is -0.121. The Labute approximate surface area is 190 Å². The van der Waals surface area contributed by atoms with Gasteiger partial charge in [-0.3, -0.25) is 14.7 Å². The zero-order valence-electron chi connectivity index (χ0n) is 17.4. The van der Waals surface area contributed by atoms with E-state index in [2.05, 4.69) is 29.3 Å². The summed E-state index contributed by atoms with van der Waals surface area (Å²) < 4.78 is 11.5. The Morgan fingerprint density at radius 1 is 1.13 bits per heavy atom. The number of ether oxygens (including phenoxy) is 2. The van der Waals surface area contributed by atoms with Gasteiger partial charge in [-0.1, -0.05) is 48.0 Å². The Morgan fingerprint density at radius 2 is 1.90 bits per heavy atom. The van der Waals surface area contributed by atoms with E-state index in [9.17, 15) is 4.79 Å². The van der Waals surface area contributed by atoms with Crippen LogP contribution in [0.4, 0.5) is 0 Å². The number of nitrogens with zero attached hydrogens (tertiary/aromatic N) is 2. The van der Waals surface area contributed by atoms with E-state index in [1.165, 1.54) is 22.0 Å². The molecule has 0 radical (unpaired) electrons. The molecule has 3 aromatic carbocycles. The number of amides is 1. The molecule has 0 unspecified atom stereocenters. The zero-order chi connectivity index (χ0) is 22.0. The molecule has 5 nitrogen and oxygen atoms in total. The number of methoxy groups -OCH3 is 1. The smallest absolute Gasteiger partial charge is 0.266 e. The Bertz CT molecular complexity index is 1220. The first-order valence-corrected chi connectivity index (χ1v) is 10.8. The molecule has 31 heavy (non-hydrogen) atoms. The van der Waals surface area contributed by atoms with Gasteiger partial charge >= 0.3 is 0 Å². The molecule has 0 spiro atoms. The summed E-state index contributed by atoms with van der Waals surface area (Å²) in [5.74, 6) is 0.878. The Balaban J connectivity index is 1.58. The Hall–Kier alpha value is -2.96. The highest BCUT2D eigenvalue weighted by Crippen LogP contribution is 2.39. The summed E-state index contributed by atoms with van der Waals surface area (Å²) in [6.07, 6.45) is 1.78. The maximum atomic E-state index is 12.4. The SMILES string of the molecule is CN=C1S/C(=C\c2cc(Cl)c(OCc3ccc4ccccc4c3)c(OC)c2)C(=O)N1C. The van der Waals surface area contributed by atoms with Gasteiger partial charge in [-0.15, -0.1) is 0 Å². The van der Waals surface area contributed by atoms with Crippen LogP contribution >= 0.6 is 23.4 Å². The molecule has 4 rings (SSSR count). The van der Waals surface area contributed by atoms with Gasteiger partial charge in [0.2, 0.25) is 0 Å². The van der Waals surface area contributed by atoms with Gasteiger partial charge in [-0.2, -0.15) is 0 Å². The molecular formula is C24H21ClN2O3S. The third-order valence-electron chi connectivity index (χ3n) is 4.94. The summed E-state index contributed by atoms with van der Waals surface area (Å²) in [4.78, 5) is 18.6. The number of amidine groups is 1. The average molecular weight is 453 g/mol. The van der Waals surface area contributed by atoms with Crippen LogP contribution in [0.15, 0.2) is 64.5 Å². The van der Waals surface area contributed by atoms with Crippen molar-refractivity contribution in [1.29, 1.82) is 0 Å². The molecule has 158 valence electrons. The second-order valence-corrected chi connectivity index (χ2v) is 8.40. The predicted octanol–water partition coefficient (Wildman–Crippen LogP) is 5.61. The van der Waals surface area contributed by atoms with E-state index < -0.39 is 0 Å². The van der Waals surface area contributed by atoms with Crippen LogP contribution in [0.1, 0.15) is 11.1 Å². The van der Waals surface area contributed by atoms with Crippen LogP contribution in [0.3, 0.4) is 0 Å². The third-order valence-corrected chi connectivity index (χ3v) is 6.37. The first-order valence-electron chi connectivity index (χ1n) is 9.62. The number of hydrogen-bond acceptors (Lipinski definition) is 5. The van der Waals surface area contributed by atoms with Crippen molar-refractivity contribution in [3.8, 4) is 11.5 Å². The number of halogens is 1. The van der Waals surface area contributed by atoms with Crippen molar-refractivity contribution in [2.24, 2.45) is 4.99 Å². The fourth-order valence-corrected chi connectivity index (χ4v) is 4.55. The van der Waals surface area contributed by atoms with Crippen LogP contribution in [0.5, 0.6) is 11.5 Å². The predicted molar refractivity (Wildman–Crippen MR) is 128 cm³/mol. The first-order chi connectivity index (χ1) is 15.0. The fraction of sp³-hybridized carbons (Fsp3) is 0.167. The van der Waals surface area contributed by atoms with Crippen LogP contribution in [-0.4, -0.2) is 37.2 Å². The lowest BCUT2D eigenvalue weighted by Gasteiger charge is -2.14. The van der Waals surface area contributed by atoms with E-state index >= 15 is 0 Å². The lowest BCUT2D eigenvalue weighted by Crippen LogP contribution is -2.23. The van der Waals surface area contributed by atoms with Crippen LogP contribution in [0, 0.1) is 0 Å². The maximum Gasteiger partial charge on any atom is 0.266 e. The average Bonchev–Trinajstić information content (AvgIpc) is 3.05. The highest BCUT2D eigenvalue weighted by atomic mass is 35.5. The number of fused-ring (bicyclic) bond motifs is 1. The Morgan fingerprint density at radius 3 is 2.61 bits per heavy atom. The normalized spacial score (nSPS) is 16.5. The fourth-order valence-electron chi connectivity index (χ4n) is 3.35. The monoisotopic (exact) mass is 452 g/mol. The Kier molecular flexibility index (Phi) is 6.20. The number of benzene rings is 3. The molecule has 0 saturated carbocycles. The van der Waals surface area contributed by atoms with Crippen molar-refractivity contribution in [2.45, 2.75) is 6.61 Å². The van der Waals surface area contributed by atoms with E-state index in [1.54, 1.807) is 33.3 Å². The zero-order valence-corrected chi connectivity index (χ0v) is 19.0. The van der Waals surface area contributed by atoms with Gasteiger partial charge < -0.3 is 9.47 Å². The second-order valence-electron chi connectivity index (χ2n) is 6.99. The summed E-state index contributed by atoms with van der Waals surface area (Å²) in [5, 5.41) is 3.41. The summed E-state index contributed by atoms with van der Waals surface area (Å²) in [5.41, 5.74) is 1.78. The van der Waals surface area contributed by atoms with Crippen LogP contribution in [-0.2, 0) is 11.4 Å². The van der Waals surface area contributed by atoms with E-state index in [4.69, 9.17) is 21.1 Å². The molecular weight excluding hydrogens is 432 g/mol. The van der Waals surface area contributed by atoms with Gasteiger partial charge in [-0.05, 0) is 57.9 Å². The molecule has 1 heterocycles. The summed E-state index contributed by atoms with van der Waals surface area (Å²) >= 11 is 7.85. The quantitative estimate of drug-likeness (QED) is 0.472. The van der Waals surface area contributed by atoms with Gasteiger partial charge in [0.05, 0.1) is 17.0 Å². The van der Waals surface area contributed by atoms with Gasteiger partial charge in [0, 0.05) is 14.1 Å². The third kappa shape index (κ3) is 4.40. The van der Waals surface area contributed by atoms with Gasteiger partial charge in [0.25, 0.3) is 5.91 Å². The van der Waals surface area contributed by atoms with Crippen molar-refractivity contribution in [2.75, 3.05) is 21.2 Å². The van der Waals surface area contributed by atoms with Gasteiger partial charge in [0.15, 0.2) is 16.7 Å². The standard InChI is InChI=1S/C24H21ClN2O3S/c1-26-24-27(2)23(28)21(31-24)13-16-11-19(25)22(20(12-16)29-3)30-14-15-8-9-17-6-4-5-7-18(17)10-15/h4-13H,14H2,1-3H3/b21-13-,26-24?. The van der Waals surface area contributed by atoms with Crippen LogP contribution < -0.4 is 9.47 Å². The molecule has 1 saturated heterocycles. The minimum atomic E-state index is -0.0997. The molecule has 1 aliphatic heterocycles. The number of rotatable bonds is 5. The molecule has 3 aromatic rings. The molecule has 1 fully saturated rings. The molecule has 0 N–H and O–H groups in total. The summed E-state index contributed by atoms with van der Waals surface area (Å²) in [6, 6.07) is 18.0. The minimum absolute atomic E-state index is 0.0997. The number of hydrogen-bond donors (Lipinski definition) is 0. The number of carbonyl (C=O) groups is 1. The van der Waals surface area contributed by atoms with Crippen LogP contribution in [0.2, 0.25) is 5.02 Å². The molecule has 7 heteroatoms.